The molecule has 0 N–H and O–H groups in total. The first-order valence-electron chi connectivity index (χ1n) is 5.65. The van der Waals surface area contributed by atoms with Crippen molar-refractivity contribution in [3.63, 3.8) is 0 Å². The van der Waals surface area contributed by atoms with Gasteiger partial charge in [0.15, 0.2) is 5.79 Å². The van der Waals surface area contributed by atoms with Crippen molar-refractivity contribution < 1.29 is 9.47 Å². The fourth-order valence-electron chi connectivity index (χ4n) is 2.47. The van der Waals surface area contributed by atoms with Crippen molar-refractivity contribution in [2.24, 2.45) is 5.92 Å². The summed E-state index contributed by atoms with van der Waals surface area (Å²) >= 11 is 7.72. The summed E-state index contributed by atoms with van der Waals surface area (Å²) in [7, 11) is 0. The molecule has 2 rings (SSSR count). The molecule has 1 aliphatic carbocycles. The molecular weight excluding hydrogens is 232 g/mol. The molecule has 88 valence electrons. The van der Waals surface area contributed by atoms with E-state index >= 15 is 0 Å². The molecule has 2 fully saturated rings. The summed E-state index contributed by atoms with van der Waals surface area (Å²) in [6.45, 7) is 0.677. The van der Waals surface area contributed by atoms with Crippen LogP contribution >= 0.6 is 23.4 Å². The molecule has 4 heteroatoms. The van der Waals surface area contributed by atoms with Crippen LogP contribution in [0, 0.1) is 5.92 Å². The molecule has 0 aromatic carbocycles. The molecule has 0 aromatic rings. The van der Waals surface area contributed by atoms with Gasteiger partial charge in [0.2, 0.25) is 0 Å². The Kier molecular flexibility index (Phi) is 4.22. The van der Waals surface area contributed by atoms with E-state index in [1.807, 2.05) is 11.8 Å². The van der Waals surface area contributed by atoms with Crippen molar-refractivity contribution in [1.82, 2.24) is 0 Å². The van der Waals surface area contributed by atoms with Gasteiger partial charge in [-0.25, -0.2) is 0 Å². The maximum Gasteiger partial charge on any atom is 0.168 e. The molecule has 1 saturated heterocycles. The van der Waals surface area contributed by atoms with Crippen LogP contribution in [0.15, 0.2) is 0 Å². The van der Waals surface area contributed by atoms with Crippen molar-refractivity contribution >= 4 is 23.4 Å². The molecule has 1 unspecified atom stereocenters. The van der Waals surface area contributed by atoms with Gasteiger partial charge in [0.05, 0.1) is 18.6 Å². The van der Waals surface area contributed by atoms with Crippen LogP contribution in [-0.2, 0) is 9.47 Å². The van der Waals surface area contributed by atoms with E-state index in [-0.39, 0.29) is 11.9 Å². The van der Waals surface area contributed by atoms with Gasteiger partial charge in [-0.3, -0.25) is 0 Å². The normalized spacial score (nSPS) is 41.2. The van der Waals surface area contributed by atoms with Crippen LogP contribution in [0.25, 0.3) is 0 Å². The van der Waals surface area contributed by atoms with Crippen LogP contribution in [0.5, 0.6) is 0 Å². The Balaban J connectivity index is 1.82. The topological polar surface area (TPSA) is 18.5 Å². The summed E-state index contributed by atoms with van der Waals surface area (Å²) in [5.41, 5.74) is 0. The van der Waals surface area contributed by atoms with Crippen LogP contribution in [0.3, 0.4) is 0 Å². The van der Waals surface area contributed by atoms with Gasteiger partial charge in [-0.2, -0.15) is 11.8 Å². The summed E-state index contributed by atoms with van der Waals surface area (Å²) in [6, 6.07) is 0. The number of thioether (sulfide) groups is 1. The number of rotatable bonds is 3. The number of hydrogen-bond donors (Lipinski definition) is 0. The highest BCUT2D eigenvalue weighted by Gasteiger charge is 2.43. The standard InChI is InChI=1S/C11H19ClO2S/c1-15-8-9-2-4-11(5-3-9)13-7-10(6-12)14-11/h9-10H,2-8H2,1H3. The summed E-state index contributed by atoms with van der Waals surface area (Å²) in [5.74, 6) is 2.41. The Morgan fingerprint density at radius 2 is 2.13 bits per heavy atom. The molecule has 2 aliphatic rings. The van der Waals surface area contributed by atoms with Gasteiger partial charge in [-0.15, -0.1) is 11.6 Å². The second kappa shape index (κ2) is 5.26. The maximum absolute atomic E-state index is 5.90. The van der Waals surface area contributed by atoms with E-state index in [2.05, 4.69) is 6.26 Å². The summed E-state index contributed by atoms with van der Waals surface area (Å²) in [5, 5.41) is 0. The molecule has 0 aromatic heterocycles. The van der Waals surface area contributed by atoms with Gasteiger partial charge in [0, 0.05) is 12.8 Å². The summed E-state index contributed by atoms with van der Waals surface area (Å²) in [6.07, 6.45) is 6.85. The van der Waals surface area contributed by atoms with Crippen LogP contribution in [0.4, 0.5) is 0 Å². The second-order valence-electron chi connectivity index (χ2n) is 4.51. The molecule has 2 nitrogen and oxygen atoms in total. The Morgan fingerprint density at radius 3 is 2.67 bits per heavy atom. The third-order valence-electron chi connectivity index (χ3n) is 3.36. The van der Waals surface area contributed by atoms with Gasteiger partial charge in [-0.05, 0) is 30.8 Å². The minimum Gasteiger partial charge on any atom is -0.347 e. The van der Waals surface area contributed by atoms with E-state index in [0.29, 0.717) is 12.5 Å². The van der Waals surface area contributed by atoms with Gasteiger partial charge in [0.1, 0.15) is 0 Å². The van der Waals surface area contributed by atoms with E-state index in [9.17, 15) is 0 Å². The highest BCUT2D eigenvalue weighted by molar-refractivity contribution is 7.98. The zero-order valence-corrected chi connectivity index (χ0v) is 10.8. The molecule has 0 amide bonds. The zero-order chi connectivity index (χ0) is 10.7. The highest BCUT2D eigenvalue weighted by atomic mass is 35.5. The average molecular weight is 251 g/mol. The van der Waals surface area contributed by atoms with Crippen LogP contribution in [0.2, 0.25) is 0 Å². The Morgan fingerprint density at radius 1 is 1.40 bits per heavy atom. The fourth-order valence-corrected chi connectivity index (χ4v) is 3.43. The largest absolute Gasteiger partial charge is 0.347 e. The summed E-state index contributed by atoms with van der Waals surface area (Å²) in [4.78, 5) is 0. The second-order valence-corrected chi connectivity index (χ2v) is 5.73. The first kappa shape index (κ1) is 12.0. The lowest BCUT2D eigenvalue weighted by Gasteiger charge is -2.35. The minimum absolute atomic E-state index is 0.115. The maximum atomic E-state index is 5.90. The van der Waals surface area contributed by atoms with E-state index in [4.69, 9.17) is 21.1 Å². The lowest BCUT2D eigenvalue weighted by Crippen LogP contribution is -2.36. The zero-order valence-electron chi connectivity index (χ0n) is 9.21. The van der Waals surface area contributed by atoms with Crippen molar-refractivity contribution in [3.8, 4) is 0 Å². The lowest BCUT2D eigenvalue weighted by molar-refractivity contribution is -0.189. The highest BCUT2D eigenvalue weighted by Crippen LogP contribution is 2.40. The monoisotopic (exact) mass is 250 g/mol. The predicted molar refractivity (Wildman–Crippen MR) is 64.6 cm³/mol. The van der Waals surface area contributed by atoms with Crippen molar-refractivity contribution in [2.45, 2.75) is 37.6 Å². The molecule has 1 saturated carbocycles. The van der Waals surface area contributed by atoms with Crippen LogP contribution < -0.4 is 0 Å². The van der Waals surface area contributed by atoms with Gasteiger partial charge < -0.3 is 9.47 Å². The molecule has 0 bridgehead atoms. The van der Waals surface area contributed by atoms with Gasteiger partial charge in [0.25, 0.3) is 0 Å². The number of hydrogen-bond acceptors (Lipinski definition) is 3. The number of ether oxygens (including phenoxy) is 2. The first-order chi connectivity index (χ1) is 7.28. The molecular formula is C11H19ClO2S. The molecule has 1 atom stereocenters. The number of alkyl halides is 1. The van der Waals surface area contributed by atoms with E-state index in [1.54, 1.807) is 0 Å². The average Bonchev–Trinajstić information content (AvgIpc) is 2.66. The Labute approximate surface area is 101 Å². The van der Waals surface area contributed by atoms with E-state index in [0.717, 1.165) is 18.8 Å². The summed E-state index contributed by atoms with van der Waals surface area (Å²) < 4.78 is 11.7. The molecule has 0 radical (unpaired) electrons. The van der Waals surface area contributed by atoms with E-state index in [1.165, 1.54) is 18.6 Å². The first-order valence-corrected chi connectivity index (χ1v) is 7.57. The lowest BCUT2D eigenvalue weighted by atomic mass is 9.86. The molecule has 1 heterocycles. The van der Waals surface area contributed by atoms with Crippen molar-refractivity contribution in [1.29, 1.82) is 0 Å². The number of halogens is 1. The SMILES string of the molecule is CSCC1CCC2(CC1)OCC(CCl)O2. The molecule has 1 spiro atoms. The van der Waals surface area contributed by atoms with Crippen molar-refractivity contribution in [3.05, 3.63) is 0 Å². The smallest absolute Gasteiger partial charge is 0.168 e. The van der Waals surface area contributed by atoms with Crippen molar-refractivity contribution in [2.75, 3.05) is 24.5 Å². The van der Waals surface area contributed by atoms with E-state index < -0.39 is 0 Å². The molecule has 15 heavy (non-hydrogen) atoms. The van der Waals surface area contributed by atoms with Gasteiger partial charge >= 0.3 is 0 Å². The van der Waals surface area contributed by atoms with Crippen LogP contribution in [0.1, 0.15) is 25.7 Å². The quantitative estimate of drug-likeness (QED) is 0.718. The molecule has 1 aliphatic heterocycles. The third-order valence-corrected chi connectivity index (χ3v) is 4.50. The minimum atomic E-state index is -0.269. The fraction of sp³-hybridized carbons (Fsp3) is 1.00. The van der Waals surface area contributed by atoms with Crippen LogP contribution in [-0.4, -0.2) is 36.4 Å². The Bertz CT molecular complexity index is 205. The Hall–Kier alpha value is 0.560. The third kappa shape index (κ3) is 2.82. The predicted octanol–water partition coefficient (Wildman–Crippen LogP) is 2.89. The van der Waals surface area contributed by atoms with Gasteiger partial charge in [-0.1, -0.05) is 0 Å².